The highest BCUT2D eigenvalue weighted by Gasteiger charge is 2.24. The van der Waals surface area contributed by atoms with Gasteiger partial charge < -0.3 is 4.90 Å². The minimum absolute atomic E-state index is 0.0418. The fraction of sp³-hybridized carbons (Fsp3) is 0.368. The van der Waals surface area contributed by atoms with Crippen LogP contribution in [0.25, 0.3) is 20.1 Å². The summed E-state index contributed by atoms with van der Waals surface area (Å²) in [6, 6.07) is 11.9. The largest absolute Gasteiger partial charge is 0.335 e. The van der Waals surface area contributed by atoms with Crippen LogP contribution in [0.5, 0.6) is 0 Å². The van der Waals surface area contributed by atoms with Crippen molar-refractivity contribution in [2.24, 2.45) is 0 Å². The number of para-hydroxylation sites is 1. The van der Waals surface area contributed by atoms with Gasteiger partial charge in [-0.2, -0.15) is 0 Å². The highest BCUT2D eigenvalue weighted by atomic mass is 32.2. The molecule has 0 bridgehead atoms. The smallest absolute Gasteiger partial charge is 0.264 e. The molecule has 0 aliphatic carbocycles. The molecule has 4 rings (SSSR count). The van der Waals surface area contributed by atoms with E-state index in [2.05, 4.69) is 16.0 Å². The SMILES string of the molecule is CS(=O)(=O)CCN1CCN(C(=O)c2ccc(-c3nc4ccccc4s3)s2)CC1. The molecule has 2 aromatic heterocycles. The third kappa shape index (κ3) is 4.43. The maximum Gasteiger partial charge on any atom is 0.264 e. The summed E-state index contributed by atoms with van der Waals surface area (Å²) in [5.41, 5.74) is 0.981. The van der Waals surface area contributed by atoms with Crippen LogP contribution in [0.3, 0.4) is 0 Å². The highest BCUT2D eigenvalue weighted by molar-refractivity contribution is 7.90. The van der Waals surface area contributed by atoms with E-state index in [0.717, 1.165) is 25.0 Å². The van der Waals surface area contributed by atoms with Crippen LogP contribution in [-0.2, 0) is 9.84 Å². The van der Waals surface area contributed by atoms with Crippen molar-refractivity contribution in [3.05, 3.63) is 41.3 Å². The molecule has 3 heterocycles. The van der Waals surface area contributed by atoms with Gasteiger partial charge in [-0.15, -0.1) is 22.7 Å². The first-order valence-electron chi connectivity index (χ1n) is 9.04. The van der Waals surface area contributed by atoms with Crippen LogP contribution in [0.4, 0.5) is 0 Å². The number of amides is 1. The minimum Gasteiger partial charge on any atom is -0.335 e. The fourth-order valence-electron chi connectivity index (χ4n) is 3.17. The molecule has 28 heavy (non-hydrogen) atoms. The van der Waals surface area contributed by atoms with E-state index < -0.39 is 9.84 Å². The van der Waals surface area contributed by atoms with Crippen LogP contribution >= 0.6 is 22.7 Å². The lowest BCUT2D eigenvalue weighted by Gasteiger charge is -2.34. The van der Waals surface area contributed by atoms with E-state index >= 15 is 0 Å². The molecule has 1 aliphatic heterocycles. The number of hydrogen-bond acceptors (Lipinski definition) is 7. The Morgan fingerprint density at radius 1 is 1.07 bits per heavy atom. The van der Waals surface area contributed by atoms with E-state index in [4.69, 9.17) is 0 Å². The molecule has 0 atom stereocenters. The van der Waals surface area contributed by atoms with Crippen LogP contribution in [0.2, 0.25) is 0 Å². The standard InChI is InChI=1S/C19H21N3O3S3/c1-28(24,25)13-12-21-8-10-22(11-9-21)19(23)17-7-6-16(26-17)18-20-14-4-2-3-5-15(14)27-18/h2-7H,8-13H2,1H3. The average molecular weight is 436 g/mol. The monoisotopic (exact) mass is 435 g/mol. The number of thiazole rings is 1. The Bertz CT molecular complexity index is 1060. The van der Waals surface area contributed by atoms with Crippen molar-refractivity contribution < 1.29 is 13.2 Å². The molecule has 1 aromatic carbocycles. The van der Waals surface area contributed by atoms with Crippen LogP contribution in [0.15, 0.2) is 36.4 Å². The minimum atomic E-state index is -2.96. The molecule has 1 fully saturated rings. The van der Waals surface area contributed by atoms with Crippen LogP contribution in [0.1, 0.15) is 9.67 Å². The van der Waals surface area contributed by atoms with E-state index in [1.54, 1.807) is 11.3 Å². The Morgan fingerprint density at radius 3 is 2.54 bits per heavy atom. The fourth-order valence-corrected chi connectivity index (χ4v) is 5.75. The van der Waals surface area contributed by atoms with Crippen LogP contribution in [-0.4, -0.2) is 73.8 Å². The first-order chi connectivity index (χ1) is 13.4. The second-order valence-electron chi connectivity index (χ2n) is 6.91. The van der Waals surface area contributed by atoms with Crippen molar-refractivity contribution in [1.29, 1.82) is 0 Å². The number of benzene rings is 1. The first-order valence-corrected chi connectivity index (χ1v) is 12.7. The van der Waals surface area contributed by atoms with Gasteiger partial charge in [0.25, 0.3) is 5.91 Å². The summed E-state index contributed by atoms with van der Waals surface area (Å²) < 4.78 is 23.8. The second-order valence-corrected chi connectivity index (χ2v) is 11.3. The zero-order chi connectivity index (χ0) is 19.7. The van der Waals surface area contributed by atoms with E-state index in [1.807, 2.05) is 35.2 Å². The molecule has 0 radical (unpaired) electrons. The van der Waals surface area contributed by atoms with Gasteiger partial charge in [-0.1, -0.05) is 12.1 Å². The van der Waals surface area contributed by atoms with E-state index in [-0.39, 0.29) is 11.7 Å². The number of carbonyl (C=O) groups is 1. The summed E-state index contributed by atoms with van der Waals surface area (Å²) in [7, 11) is -2.96. The van der Waals surface area contributed by atoms with Crippen molar-refractivity contribution >= 4 is 48.6 Å². The molecule has 148 valence electrons. The zero-order valence-electron chi connectivity index (χ0n) is 15.5. The van der Waals surface area contributed by atoms with Gasteiger partial charge in [0.15, 0.2) is 0 Å². The Hall–Kier alpha value is -1.81. The molecule has 9 heteroatoms. The first kappa shape index (κ1) is 19.5. The molecule has 1 aliphatic rings. The van der Waals surface area contributed by atoms with Gasteiger partial charge in [-0.3, -0.25) is 9.69 Å². The maximum absolute atomic E-state index is 12.8. The molecular formula is C19H21N3O3S3. The summed E-state index contributed by atoms with van der Waals surface area (Å²) >= 11 is 3.12. The number of rotatable bonds is 5. The Kier molecular flexibility index (Phi) is 5.50. The molecule has 1 amide bonds. The van der Waals surface area contributed by atoms with E-state index in [1.165, 1.54) is 17.6 Å². The van der Waals surface area contributed by atoms with Gasteiger partial charge in [0.1, 0.15) is 14.8 Å². The van der Waals surface area contributed by atoms with E-state index in [0.29, 0.717) is 32.7 Å². The predicted octanol–water partition coefficient (Wildman–Crippen LogP) is 2.83. The molecular weight excluding hydrogens is 414 g/mol. The van der Waals surface area contributed by atoms with Crippen molar-refractivity contribution in [3.63, 3.8) is 0 Å². The predicted molar refractivity (Wildman–Crippen MR) is 115 cm³/mol. The lowest BCUT2D eigenvalue weighted by molar-refractivity contribution is 0.0649. The molecule has 0 spiro atoms. The summed E-state index contributed by atoms with van der Waals surface area (Å²) in [5.74, 6) is 0.206. The Morgan fingerprint density at radius 2 is 1.82 bits per heavy atom. The van der Waals surface area contributed by atoms with E-state index in [9.17, 15) is 13.2 Å². The number of hydrogen-bond donors (Lipinski definition) is 0. The number of aromatic nitrogens is 1. The topological polar surface area (TPSA) is 70.6 Å². The zero-order valence-corrected chi connectivity index (χ0v) is 17.9. The van der Waals surface area contributed by atoms with Gasteiger partial charge >= 0.3 is 0 Å². The molecule has 1 saturated heterocycles. The number of piperazine rings is 1. The van der Waals surface area contributed by atoms with Gasteiger partial charge in [0.05, 0.1) is 25.7 Å². The molecule has 0 N–H and O–H groups in total. The summed E-state index contributed by atoms with van der Waals surface area (Å²) in [4.78, 5) is 23.2. The number of sulfone groups is 1. The number of nitrogens with zero attached hydrogens (tertiary/aromatic N) is 3. The molecule has 3 aromatic rings. The number of thiophene rings is 1. The lowest BCUT2D eigenvalue weighted by Crippen LogP contribution is -2.49. The summed E-state index contributed by atoms with van der Waals surface area (Å²) in [5, 5.41) is 0.941. The van der Waals surface area contributed by atoms with Gasteiger partial charge in [0, 0.05) is 39.0 Å². The van der Waals surface area contributed by atoms with Gasteiger partial charge in [-0.05, 0) is 24.3 Å². The summed E-state index contributed by atoms with van der Waals surface area (Å²) in [6.45, 7) is 3.18. The second kappa shape index (κ2) is 7.90. The molecule has 6 nitrogen and oxygen atoms in total. The quantitative estimate of drug-likeness (QED) is 0.616. The number of carbonyl (C=O) groups excluding carboxylic acids is 1. The van der Waals surface area contributed by atoms with Crippen molar-refractivity contribution in [1.82, 2.24) is 14.8 Å². The Balaban J connectivity index is 1.40. The Labute approximate surface area is 172 Å². The van der Waals surface area contributed by atoms with Gasteiger partial charge in [0.2, 0.25) is 0 Å². The molecule has 0 saturated carbocycles. The van der Waals surface area contributed by atoms with Gasteiger partial charge in [-0.25, -0.2) is 13.4 Å². The average Bonchev–Trinajstić information content (AvgIpc) is 3.32. The highest BCUT2D eigenvalue weighted by Crippen LogP contribution is 2.34. The maximum atomic E-state index is 12.8. The third-order valence-corrected chi connectivity index (χ3v) is 7.96. The summed E-state index contributed by atoms with van der Waals surface area (Å²) in [6.07, 6.45) is 1.26. The normalized spacial score (nSPS) is 16.0. The van der Waals surface area contributed by atoms with Crippen molar-refractivity contribution in [3.8, 4) is 9.88 Å². The number of fused-ring (bicyclic) bond motifs is 1. The van der Waals surface area contributed by atoms with Crippen LogP contribution in [0, 0.1) is 0 Å². The van der Waals surface area contributed by atoms with Crippen molar-refractivity contribution in [2.45, 2.75) is 0 Å². The van der Waals surface area contributed by atoms with Crippen LogP contribution < -0.4 is 0 Å². The third-order valence-electron chi connectivity index (χ3n) is 4.76. The molecule has 0 unspecified atom stereocenters. The lowest BCUT2D eigenvalue weighted by atomic mass is 10.3. The van der Waals surface area contributed by atoms with Crippen molar-refractivity contribution in [2.75, 3.05) is 44.7 Å².